The summed E-state index contributed by atoms with van der Waals surface area (Å²) in [5.74, 6) is 0.0710. The van der Waals surface area contributed by atoms with Crippen LogP contribution in [0.25, 0.3) is 11.3 Å². The predicted molar refractivity (Wildman–Crippen MR) is 110 cm³/mol. The summed E-state index contributed by atoms with van der Waals surface area (Å²) in [7, 11) is 0. The molecule has 4 N–H and O–H groups in total. The van der Waals surface area contributed by atoms with Crippen molar-refractivity contribution in [3.8, 4) is 11.3 Å². The van der Waals surface area contributed by atoms with Crippen LogP contribution in [0.1, 0.15) is 42.1 Å². The average Bonchev–Trinajstić information content (AvgIpc) is 3.13. The minimum Gasteiger partial charge on any atom is -0.477 e. The normalized spacial score (nSPS) is 24.2. The molecule has 1 saturated heterocycles. The van der Waals surface area contributed by atoms with Crippen LogP contribution in [-0.4, -0.2) is 35.2 Å². The van der Waals surface area contributed by atoms with Crippen molar-refractivity contribution in [2.45, 2.75) is 38.6 Å². The molecule has 0 bridgehead atoms. The van der Waals surface area contributed by atoms with E-state index in [9.17, 15) is 14.7 Å². The first-order valence-electron chi connectivity index (χ1n) is 10.1. The maximum absolute atomic E-state index is 12.1. The molecule has 28 heavy (non-hydrogen) atoms. The first-order valence-corrected chi connectivity index (χ1v) is 10.1. The van der Waals surface area contributed by atoms with Gasteiger partial charge in [0.25, 0.3) is 5.56 Å². The van der Waals surface area contributed by atoms with E-state index in [1.807, 2.05) is 19.1 Å². The zero-order chi connectivity index (χ0) is 19.8. The van der Waals surface area contributed by atoms with Gasteiger partial charge in [0.2, 0.25) is 0 Å². The van der Waals surface area contributed by atoms with Gasteiger partial charge in [-0.15, -0.1) is 0 Å². The van der Waals surface area contributed by atoms with Crippen LogP contribution in [0.3, 0.4) is 0 Å². The van der Waals surface area contributed by atoms with Crippen molar-refractivity contribution in [1.82, 2.24) is 4.98 Å². The Bertz CT molecular complexity index is 935. The highest BCUT2D eigenvalue weighted by Gasteiger charge is 2.38. The monoisotopic (exact) mass is 381 g/mol. The van der Waals surface area contributed by atoms with Crippen molar-refractivity contribution >= 4 is 11.7 Å². The summed E-state index contributed by atoms with van der Waals surface area (Å²) in [6.45, 7) is 4.02. The number of fused-ring (bicyclic) bond motifs is 1. The molecule has 6 heteroatoms. The lowest BCUT2D eigenvalue weighted by molar-refractivity contribution is 0.0695. The fourth-order valence-corrected chi connectivity index (χ4v) is 4.83. The molecule has 6 nitrogen and oxygen atoms in total. The standard InChI is InChI=1S/C22H27N3O3/c1-2-13-10-17(22(27)28)21(26)24-20(13)14-6-8-16(9-7-14)25-11-15-4-3-5-19(23)18(15)12-25/h6-10,15,18-19H,2-5,11-12,23H2,1H3,(H,24,26)(H,27,28)/t15-,18?,19-/m1/s1. The van der Waals surface area contributed by atoms with Gasteiger partial charge in [-0.3, -0.25) is 4.79 Å². The molecule has 0 radical (unpaired) electrons. The molecule has 4 rings (SSSR count). The van der Waals surface area contributed by atoms with E-state index in [2.05, 4.69) is 22.0 Å². The molecule has 2 heterocycles. The fraction of sp³-hybridized carbons (Fsp3) is 0.455. The summed E-state index contributed by atoms with van der Waals surface area (Å²) in [4.78, 5) is 28.5. The second-order valence-electron chi connectivity index (χ2n) is 8.04. The number of carbonyl (C=O) groups is 1. The minimum atomic E-state index is -1.20. The Balaban J connectivity index is 1.60. The number of aromatic amines is 1. The molecule has 2 aliphatic rings. The number of carboxylic acid groups (broad SMARTS) is 1. The molecule has 1 aromatic heterocycles. The Morgan fingerprint density at radius 2 is 2.00 bits per heavy atom. The van der Waals surface area contributed by atoms with Gasteiger partial charge in [-0.05, 0) is 60.4 Å². The van der Waals surface area contributed by atoms with Gasteiger partial charge in [0.1, 0.15) is 5.56 Å². The highest BCUT2D eigenvalue weighted by Crippen LogP contribution is 2.38. The Labute approximate surface area is 164 Å². The van der Waals surface area contributed by atoms with Gasteiger partial charge in [0.05, 0.1) is 5.69 Å². The van der Waals surface area contributed by atoms with Crippen molar-refractivity contribution in [3.05, 3.63) is 51.8 Å². The van der Waals surface area contributed by atoms with Gasteiger partial charge < -0.3 is 20.7 Å². The quantitative estimate of drug-likeness (QED) is 0.756. The molecular formula is C22H27N3O3. The van der Waals surface area contributed by atoms with Crippen LogP contribution in [-0.2, 0) is 6.42 Å². The molecule has 1 aliphatic carbocycles. The second kappa shape index (κ2) is 7.43. The third kappa shape index (κ3) is 3.33. The number of rotatable bonds is 4. The second-order valence-corrected chi connectivity index (χ2v) is 8.04. The molecule has 3 atom stereocenters. The number of hydrogen-bond acceptors (Lipinski definition) is 4. The fourth-order valence-electron chi connectivity index (χ4n) is 4.83. The van der Waals surface area contributed by atoms with Gasteiger partial charge in [-0.25, -0.2) is 4.79 Å². The third-order valence-electron chi connectivity index (χ3n) is 6.41. The van der Waals surface area contributed by atoms with Crippen LogP contribution in [0, 0.1) is 11.8 Å². The number of nitrogens with two attached hydrogens (primary N) is 1. The zero-order valence-corrected chi connectivity index (χ0v) is 16.1. The number of nitrogens with one attached hydrogen (secondary N) is 1. The summed E-state index contributed by atoms with van der Waals surface area (Å²) in [6, 6.07) is 9.97. The molecular weight excluding hydrogens is 354 g/mol. The molecule has 0 amide bonds. The number of carboxylic acids is 1. The van der Waals surface area contributed by atoms with Crippen molar-refractivity contribution in [2.24, 2.45) is 17.6 Å². The highest BCUT2D eigenvalue weighted by atomic mass is 16.4. The lowest BCUT2D eigenvalue weighted by Gasteiger charge is -2.29. The van der Waals surface area contributed by atoms with Crippen molar-refractivity contribution in [1.29, 1.82) is 0 Å². The van der Waals surface area contributed by atoms with Gasteiger partial charge in [-0.2, -0.15) is 0 Å². The van der Waals surface area contributed by atoms with Crippen molar-refractivity contribution in [2.75, 3.05) is 18.0 Å². The number of aromatic nitrogens is 1. The third-order valence-corrected chi connectivity index (χ3v) is 6.41. The number of hydrogen-bond donors (Lipinski definition) is 3. The SMILES string of the molecule is CCc1cc(C(=O)O)c(=O)[nH]c1-c1ccc(N2CC3[C@H](CCC[C@H]3N)C2)cc1. The molecule has 1 aromatic carbocycles. The lowest BCUT2D eigenvalue weighted by Crippen LogP contribution is -2.38. The van der Waals surface area contributed by atoms with Gasteiger partial charge in [0.15, 0.2) is 0 Å². The maximum Gasteiger partial charge on any atom is 0.341 e. The van der Waals surface area contributed by atoms with E-state index in [0.29, 0.717) is 30.0 Å². The van der Waals surface area contributed by atoms with Crippen molar-refractivity contribution < 1.29 is 9.90 Å². The summed E-state index contributed by atoms with van der Waals surface area (Å²) in [6.07, 6.45) is 4.27. The molecule has 1 unspecified atom stereocenters. The topological polar surface area (TPSA) is 99.4 Å². The van der Waals surface area contributed by atoms with Gasteiger partial charge >= 0.3 is 5.97 Å². The summed E-state index contributed by atoms with van der Waals surface area (Å²) < 4.78 is 0. The number of nitrogens with zero attached hydrogens (tertiary/aromatic N) is 1. The van der Waals surface area contributed by atoms with Crippen LogP contribution in [0.5, 0.6) is 0 Å². The van der Waals surface area contributed by atoms with Gasteiger partial charge in [-0.1, -0.05) is 25.5 Å². The predicted octanol–water partition coefficient (Wildman–Crippen LogP) is 2.87. The van der Waals surface area contributed by atoms with Crippen LogP contribution >= 0.6 is 0 Å². The van der Waals surface area contributed by atoms with Crippen molar-refractivity contribution in [3.63, 3.8) is 0 Å². The molecule has 1 saturated carbocycles. The van der Waals surface area contributed by atoms with E-state index in [4.69, 9.17) is 5.73 Å². The number of pyridine rings is 1. The zero-order valence-electron chi connectivity index (χ0n) is 16.1. The van der Waals surface area contributed by atoms with E-state index in [1.54, 1.807) is 0 Å². The van der Waals surface area contributed by atoms with Crippen LogP contribution < -0.4 is 16.2 Å². The van der Waals surface area contributed by atoms with Crippen LogP contribution in [0.2, 0.25) is 0 Å². The highest BCUT2D eigenvalue weighted by molar-refractivity contribution is 5.88. The first kappa shape index (κ1) is 18.7. The largest absolute Gasteiger partial charge is 0.477 e. The van der Waals surface area contributed by atoms with E-state index < -0.39 is 11.5 Å². The minimum absolute atomic E-state index is 0.215. The summed E-state index contributed by atoms with van der Waals surface area (Å²) in [5, 5.41) is 9.18. The Hall–Kier alpha value is -2.60. The number of anilines is 1. The Kier molecular flexibility index (Phi) is 4.98. The lowest BCUT2D eigenvalue weighted by atomic mass is 9.78. The molecule has 2 fully saturated rings. The van der Waals surface area contributed by atoms with E-state index in [0.717, 1.165) is 30.6 Å². The Morgan fingerprint density at radius 1 is 1.25 bits per heavy atom. The van der Waals surface area contributed by atoms with Crippen LogP contribution in [0.15, 0.2) is 35.1 Å². The van der Waals surface area contributed by atoms with E-state index in [-0.39, 0.29) is 5.56 Å². The average molecular weight is 381 g/mol. The molecule has 0 spiro atoms. The maximum atomic E-state index is 12.1. The summed E-state index contributed by atoms with van der Waals surface area (Å²) in [5.41, 5.74) is 9.14. The number of H-pyrrole nitrogens is 1. The van der Waals surface area contributed by atoms with Crippen LogP contribution in [0.4, 0.5) is 5.69 Å². The van der Waals surface area contributed by atoms with E-state index in [1.165, 1.54) is 24.6 Å². The first-order chi connectivity index (χ1) is 13.5. The number of aryl methyl sites for hydroxylation is 1. The molecule has 2 aromatic rings. The molecule has 148 valence electrons. The number of benzene rings is 1. The number of aromatic carboxylic acids is 1. The Morgan fingerprint density at radius 3 is 2.64 bits per heavy atom. The summed E-state index contributed by atoms with van der Waals surface area (Å²) >= 11 is 0. The van der Waals surface area contributed by atoms with E-state index >= 15 is 0 Å². The smallest absolute Gasteiger partial charge is 0.341 e. The van der Waals surface area contributed by atoms with Gasteiger partial charge in [0, 0.05) is 24.8 Å². The molecule has 1 aliphatic heterocycles.